The average Bonchev–Trinajstić information content (AvgIpc) is 2.83. The third kappa shape index (κ3) is 7.59. The molecule has 0 aliphatic heterocycles. The van der Waals surface area contributed by atoms with Crippen LogP contribution < -0.4 is 19.3 Å². The SMILES string of the molecule is CN(CC(O)COc1cccc(N(C)C(=S)Oc2ccc(Cl)c(C(C)(C)C)c2)c1)c1ccccc1. The summed E-state index contributed by atoms with van der Waals surface area (Å²) in [4.78, 5) is 3.77. The highest BCUT2D eigenvalue weighted by atomic mass is 35.5. The van der Waals surface area contributed by atoms with Crippen LogP contribution >= 0.6 is 23.8 Å². The fraction of sp³-hybridized carbons (Fsp3) is 0.321. The molecule has 0 saturated heterocycles. The highest BCUT2D eigenvalue weighted by Crippen LogP contribution is 2.33. The first kappa shape index (κ1) is 26.8. The van der Waals surface area contributed by atoms with Gasteiger partial charge >= 0.3 is 0 Å². The number of halogens is 1. The van der Waals surface area contributed by atoms with Gasteiger partial charge in [0.2, 0.25) is 0 Å². The van der Waals surface area contributed by atoms with Crippen molar-refractivity contribution in [3.8, 4) is 11.5 Å². The lowest BCUT2D eigenvalue weighted by molar-refractivity contribution is 0.113. The van der Waals surface area contributed by atoms with E-state index in [1.54, 1.807) is 4.90 Å². The van der Waals surface area contributed by atoms with Gasteiger partial charge in [0.15, 0.2) is 0 Å². The Kier molecular flexibility index (Phi) is 9.00. The van der Waals surface area contributed by atoms with E-state index in [-0.39, 0.29) is 12.0 Å². The number of rotatable bonds is 8. The average molecular weight is 513 g/mol. The zero-order valence-corrected chi connectivity index (χ0v) is 22.4. The minimum absolute atomic E-state index is 0.115. The number of aliphatic hydroxyl groups is 1. The molecular formula is C28H33ClN2O3S. The normalized spacial score (nSPS) is 12.1. The number of hydrogen-bond acceptors (Lipinski definition) is 5. The van der Waals surface area contributed by atoms with Gasteiger partial charge in [-0.15, -0.1) is 0 Å². The number of aliphatic hydroxyl groups excluding tert-OH is 1. The molecule has 0 spiro atoms. The second-order valence-electron chi connectivity index (χ2n) is 9.50. The monoisotopic (exact) mass is 512 g/mol. The Morgan fingerprint density at radius 2 is 1.63 bits per heavy atom. The van der Waals surface area contributed by atoms with E-state index in [0.717, 1.165) is 16.9 Å². The Bertz CT molecular complexity index is 1130. The van der Waals surface area contributed by atoms with Crippen molar-refractivity contribution >= 4 is 40.4 Å². The summed E-state index contributed by atoms with van der Waals surface area (Å²) in [5, 5.41) is 11.4. The molecule has 0 saturated carbocycles. The molecule has 0 amide bonds. The molecule has 1 N–H and O–H groups in total. The van der Waals surface area contributed by atoms with Gasteiger partial charge in [0.1, 0.15) is 24.2 Å². The summed E-state index contributed by atoms with van der Waals surface area (Å²) in [6.45, 7) is 6.94. The number of nitrogens with zero attached hydrogens (tertiary/aromatic N) is 2. The van der Waals surface area contributed by atoms with E-state index >= 15 is 0 Å². The molecule has 7 heteroatoms. The van der Waals surface area contributed by atoms with Gasteiger partial charge in [0.05, 0.1) is 0 Å². The smallest absolute Gasteiger partial charge is 0.269 e. The van der Waals surface area contributed by atoms with Crippen LogP contribution in [0.4, 0.5) is 11.4 Å². The molecule has 3 aromatic carbocycles. The Balaban J connectivity index is 1.59. The van der Waals surface area contributed by atoms with Crippen LogP contribution in [0.15, 0.2) is 72.8 Å². The summed E-state index contributed by atoms with van der Waals surface area (Å²) >= 11 is 11.9. The van der Waals surface area contributed by atoms with Gasteiger partial charge in [0, 0.05) is 43.1 Å². The van der Waals surface area contributed by atoms with Crippen molar-refractivity contribution in [3.05, 3.63) is 83.4 Å². The van der Waals surface area contributed by atoms with E-state index in [4.69, 9.17) is 33.3 Å². The van der Waals surface area contributed by atoms with Gasteiger partial charge in [-0.1, -0.05) is 56.6 Å². The van der Waals surface area contributed by atoms with E-state index in [2.05, 4.69) is 20.8 Å². The van der Waals surface area contributed by atoms with Crippen LogP contribution in [0.3, 0.4) is 0 Å². The Morgan fingerprint density at radius 1 is 0.943 bits per heavy atom. The maximum absolute atomic E-state index is 10.4. The van der Waals surface area contributed by atoms with E-state index < -0.39 is 6.10 Å². The number of anilines is 2. The molecule has 186 valence electrons. The fourth-order valence-electron chi connectivity index (χ4n) is 3.55. The Labute approximate surface area is 218 Å². The summed E-state index contributed by atoms with van der Waals surface area (Å²) in [5.74, 6) is 1.27. The number of benzene rings is 3. The minimum atomic E-state index is -0.645. The highest BCUT2D eigenvalue weighted by molar-refractivity contribution is 7.80. The second-order valence-corrected chi connectivity index (χ2v) is 10.3. The largest absolute Gasteiger partial charge is 0.491 e. The maximum Gasteiger partial charge on any atom is 0.269 e. The summed E-state index contributed by atoms with van der Waals surface area (Å²) in [6.07, 6.45) is -0.645. The number of thiocarbonyl (C=S) groups is 1. The lowest BCUT2D eigenvalue weighted by Gasteiger charge is -2.24. The van der Waals surface area contributed by atoms with Crippen LogP contribution in [-0.4, -0.2) is 43.6 Å². The van der Waals surface area contributed by atoms with Crippen LogP contribution in [-0.2, 0) is 5.41 Å². The first-order chi connectivity index (χ1) is 16.5. The molecule has 0 aliphatic rings. The fourth-order valence-corrected chi connectivity index (χ4v) is 4.15. The van der Waals surface area contributed by atoms with Gasteiger partial charge in [-0.2, -0.15) is 0 Å². The van der Waals surface area contributed by atoms with Crippen molar-refractivity contribution in [3.63, 3.8) is 0 Å². The summed E-state index contributed by atoms with van der Waals surface area (Å²) in [6, 6.07) is 23.0. The predicted octanol–water partition coefficient (Wildman–Crippen LogP) is 6.31. The number of likely N-dealkylation sites (N-methyl/N-ethyl adjacent to an activating group) is 1. The minimum Gasteiger partial charge on any atom is -0.491 e. The number of hydrogen-bond donors (Lipinski definition) is 1. The second kappa shape index (κ2) is 11.8. The molecule has 3 aromatic rings. The zero-order chi connectivity index (χ0) is 25.6. The van der Waals surface area contributed by atoms with Crippen LogP contribution in [0.25, 0.3) is 0 Å². The molecule has 1 unspecified atom stereocenters. The molecule has 0 radical (unpaired) electrons. The van der Waals surface area contributed by atoms with Crippen molar-refractivity contribution in [2.45, 2.75) is 32.3 Å². The Hall–Kier alpha value is -2.80. The third-order valence-corrected chi connectivity index (χ3v) is 6.24. The summed E-state index contributed by atoms with van der Waals surface area (Å²) in [5.41, 5.74) is 2.73. The lowest BCUT2D eigenvalue weighted by atomic mass is 9.87. The van der Waals surface area contributed by atoms with Crippen molar-refractivity contribution < 1.29 is 14.6 Å². The van der Waals surface area contributed by atoms with Crippen molar-refractivity contribution in [2.24, 2.45) is 0 Å². The number of ether oxygens (including phenoxy) is 2. The topological polar surface area (TPSA) is 45.2 Å². The lowest BCUT2D eigenvalue weighted by Crippen LogP contribution is -2.33. The first-order valence-corrected chi connectivity index (χ1v) is 12.3. The molecule has 0 bridgehead atoms. The quantitative estimate of drug-likeness (QED) is 0.357. The molecule has 5 nitrogen and oxygen atoms in total. The molecule has 0 aliphatic carbocycles. The van der Waals surface area contributed by atoms with Gasteiger partial charge in [-0.05, 0) is 65.7 Å². The molecule has 0 heterocycles. The molecule has 35 heavy (non-hydrogen) atoms. The van der Waals surface area contributed by atoms with Gasteiger partial charge in [-0.3, -0.25) is 0 Å². The molecule has 3 rings (SSSR count). The van der Waals surface area contributed by atoms with Crippen molar-refractivity contribution in [1.82, 2.24) is 0 Å². The van der Waals surface area contributed by atoms with Gasteiger partial charge in [-0.25, -0.2) is 0 Å². The van der Waals surface area contributed by atoms with Crippen molar-refractivity contribution in [1.29, 1.82) is 0 Å². The molecule has 0 aromatic heterocycles. The maximum atomic E-state index is 10.4. The third-order valence-electron chi connectivity index (χ3n) is 5.55. The van der Waals surface area contributed by atoms with Crippen LogP contribution in [0, 0.1) is 0 Å². The van der Waals surface area contributed by atoms with Crippen molar-refractivity contribution in [2.75, 3.05) is 37.0 Å². The van der Waals surface area contributed by atoms with Crippen LogP contribution in [0.5, 0.6) is 11.5 Å². The highest BCUT2D eigenvalue weighted by Gasteiger charge is 2.19. The standard InChI is InChI=1S/C28H33ClN2O3S/c1-28(2,3)25-17-24(14-15-26(25)29)34-27(35)31(5)21-12-9-13-23(16-21)33-19-22(32)18-30(4)20-10-7-6-8-11-20/h6-17,22,32H,18-19H2,1-5H3. The molecular weight excluding hydrogens is 480 g/mol. The van der Waals surface area contributed by atoms with E-state index in [1.807, 2.05) is 91.8 Å². The zero-order valence-electron chi connectivity index (χ0n) is 20.9. The van der Waals surface area contributed by atoms with Crippen LogP contribution in [0.1, 0.15) is 26.3 Å². The van der Waals surface area contributed by atoms with Crippen LogP contribution in [0.2, 0.25) is 5.02 Å². The van der Waals surface area contributed by atoms with E-state index in [1.165, 1.54) is 0 Å². The number of para-hydroxylation sites is 1. The van der Waals surface area contributed by atoms with Gasteiger partial charge < -0.3 is 24.4 Å². The molecule has 1 atom stereocenters. The summed E-state index contributed by atoms with van der Waals surface area (Å²) < 4.78 is 11.8. The Morgan fingerprint density at radius 3 is 2.31 bits per heavy atom. The molecule has 0 fully saturated rings. The first-order valence-electron chi connectivity index (χ1n) is 11.5. The van der Waals surface area contributed by atoms with E-state index in [0.29, 0.717) is 28.2 Å². The summed E-state index contributed by atoms with van der Waals surface area (Å²) in [7, 11) is 3.78. The van der Waals surface area contributed by atoms with Gasteiger partial charge in [0.25, 0.3) is 5.17 Å². The predicted molar refractivity (Wildman–Crippen MR) is 149 cm³/mol. The van der Waals surface area contributed by atoms with E-state index in [9.17, 15) is 5.11 Å².